The molecule has 0 aliphatic rings. The number of carbonyl (C=O) groups is 2. The summed E-state index contributed by atoms with van der Waals surface area (Å²) in [6, 6.07) is 6.68. The Hall–Kier alpha value is -1.84. The highest BCUT2D eigenvalue weighted by Gasteiger charge is 2.16. The Morgan fingerprint density at radius 1 is 1.17 bits per heavy atom. The molecule has 1 aromatic carbocycles. The predicted molar refractivity (Wildman–Crippen MR) is 71.3 cm³/mol. The SMILES string of the molecule is CC(NC(=O)c1ccc(C(C)(C)C)cc1)C(N)=O. The van der Waals surface area contributed by atoms with Crippen LogP contribution in [0.4, 0.5) is 0 Å². The van der Waals surface area contributed by atoms with Gasteiger partial charge in [-0.3, -0.25) is 9.59 Å². The molecule has 0 aromatic heterocycles. The second kappa shape index (κ2) is 5.21. The molecule has 3 N–H and O–H groups in total. The molecule has 98 valence electrons. The molecule has 1 unspecified atom stereocenters. The molecule has 1 aromatic rings. The summed E-state index contributed by atoms with van der Waals surface area (Å²) in [6.07, 6.45) is 0. The van der Waals surface area contributed by atoms with Crippen LogP contribution in [-0.4, -0.2) is 17.9 Å². The lowest BCUT2D eigenvalue weighted by Crippen LogP contribution is -2.42. The maximum absolute atomic E-state index is 11.8. The summed E-state index contributed by atoms with van der Waals surface area (Å²) in [4.78, 5) is 22.7. The summed E-state index contributed by atoms with van der Waals surface area (Å²) >= 11 is 0. The van der Waals surface area contributed by atoms with Crippen LogP contribution in [0.1, 0.15) is 43.6 Å². The van der Waals surface area contributed by atoms with Gasteiger partial charge >= 0.3 is 0 Å². The zero-order chi connectivity index (χ0) is 13.9. The fourth-order valence-electron chi connectivity index (χ4n) is 1.47. The molecule has 1 rings (SSSR count). The molecule has 4 nitrogen and oxygen atoms in total. The molecule has 0 saturated carbocycles. The van der Waals surface area contributed by atoms with Crippen LogP contribution in [0.3, 0.4) is 0 Å². The maximum Gasteiger partial charge on any atom is 0.251 e. The second-order valence-corrected chi connectivity index (χ2v) is 5.42. The highest BCUT2D eigenvalue weighted by molar-refractivity contribution is 5.97. The van der Waals surface area contributed by atoms with Crippen molar-refractivity contribution in [1.82, 2.24) is 5.32 Å². The minimum Gasteiger partial charge on any atom is -0.368 e. The van der Waals surface area contributed by atoms with Gasteiger partial charge in [-0.25, -0.2) is 0 Å². The van der Waals surface area contributed by atoms with Gasteiger partial charge in [0.1, 0.15) is 6.04 Å². The largest absolute Gasteiger partial charge is 0.368 e. The summed E-state index contributed by atoms with van der Waals surface area (Å²) in [5.41, 5.74) is 6.82. The number of hydrogen-bond donors (Lipinski definition) is 2. The molecule has 0 heterocycles. The number of benzene rings is 1. The van der Waals surface area contributed by atoms with Gasteiger partial charge in [-0.1, -0.05) is 32.9 Å². The Balaban J connectivity index is 2.80. The van der Waals surface area contributed by atoms with E-state index in [0.717, 1.165) is 5.56 Å². The summed E-state index contributed by atoms with van der Waals surface area (Å²) in [7, 11) is 0. The van der Waals surface area contributed by atoms with E-state index >= 15 is 0 Å². The van der Waals surface area contributed by atoms with E-state index in [-0.39, 0.29) is 11.3 Å². The molecule has 4 heteroatoms. The number of nitrogens with two attached hydrogens (primary N) is 1. The van der Waals surface area contributed by atoms with Crippen molar-refractivity contribution in [2.75, 3.05) is 0 Å². The van der Waals surface area contributed by atoms with Crippen molar-refractivity contribution in [2.45, 2.75) is 39.2 Å². The van der Waals surface area contributed by atoms with Crippen molar-refractivity contribution in [1.29, 1.82) is 0 Å². The van der Waals surface area contributed by atoms with Gasteiger partial charge in [-0.05, 0) is 30.0 Å². The highest BCUT2D eigenvalue weighted by Crippen LogP contribution is 2.22. The van der Waals surface area contributed by atoms with Crippen molar-refractivity contribution >= 4 is 11.8 Å². The highest BCUT2D eigenvalue weighted by atomic mass is 16.2. The van der Waals surface area contributed by atoms with E-state index in [0.29, 0.717) is 5.56 Å². The number of carbonyl (C=O) groups excluding carboxylic acids is 2. The van der Waals surface area contributed by atoms with Gasteiger partial charge in [-0.15, -0.1) is 0 Å². The molecule has 0 fully saturated rings. The van der Waals surface area contributed by atoms with E-state index in [1.807, 2.05) is 12.1 Å². The molecular weight excluding hydrogens is 228 g/mol. The van der Waals surface area contributed by atoms with Crippen molar-refractivity contribution in [2.24, 2.45) is 5.73 Å². The minimum atomic E-state index is -0.667. The maximum atomic E-state index is 11.8. The number of rotatable bonds is 3. The Morgan fingerprint density at radius 3 is 2.06 bits per heavy atom. The molecule has 0 aliphatic heterocycles. The first-order valence-corrected chi connectivity index (χ1v) is 5.92. The number of nitrogens with one attached hydrogen (secondary N) is 1. The summed E-state index contributed by atoms with van der Waals surface area (Å²) in [5, 5.41) is 2.54. The third-order valence-electron chi connectivity index (χ3n) is 2.79. The van der Waals surface area contributed by atoms with Crippen LogP contribution in [-0.2, 0) is 10.2 Å². The van der Waals surface area contributed by atoms with Gasteiger partial charge in [0, 0.05) is 5.56 Å². The number of hydrogen-bond acceptors (Lipinski definition) is 2. The predicted octanol–water partition coefficient (Wildman–Crippen LogP) is 1.59. The van der Waals surface area contributed by atoms with Crippen molar-refractivity contribution < 1.29 is 9.59 Å². The quantitative estimate of drug-likeness (QED) is 0.852. The van der Waals surface area contributed by atoms with Crippen LogP contribution in [0.15, 0.2) is 24.3 Å². The summed E-state index contributed by atoms with van der Waals surface area (Å²) in [5.74, 6) is -0.837. The molecule has 1 atom stereocenters. The van der Waals surface area contributed by atoms with E-state index < -0.39 is 11.9 Å². The van der Waals surface area contributed by atoms with E-state index in [2.05, 4.69) is 26.1 Å². The molecular formula is C14H20N2O2. The first-order chi connectivity index (χ1) is 8.21. The lowest BCUT2D eigenvalue weighted by molar-refractivity contribution is -0.119. The van der Waals surface area contributed by atoms with E-state index in [1.165, 1.54) is 0 Å². The lowest BCUT2D eigenvalue weighted by Gasteiger charge is -2.19. The topological polar surface area (TPSA) is 72.2 Å². The van der Waals surface area contributed by atoms with Gasteiger partial charge in [0.2, 0.25) is 5.91 Å². The fourth-order valence-corrected chi connectivity index (χ4v) is 1.47. The molecule has 18 heavy (non-hydrogen) atoms. The average Bonchev–Trinajstić information content (AvgIpc) is 2.27. The van der Waals surface area contributed by atoms with Crippen molar-refractivity contribution in [3.63, 3.8) is 0 Å². The van der Waals surface area contributed by atoms with Crippen LogP contribution >= 0.6 is 0 Å². The fraction of sp³-hybridized carbons (Fsp3) is 0.429. The Bertz CT molecular complexity index is 444. The molecule has 0 spiro atoms. The van der Waals surface area contributed by atoms with Crippen LogP contribution < -0.4 is 11.1 Å². The van der Waals surface area contributed by atoms with Gasteiger partial charge < -0.3 is 11.1 Å². The average molecular weight is 248 g/mol. The zero-order valence-corrected chi connectivity index (χ0v) is 11.3. The van der Waals surface area contributed by atoms with Gasteiger partial charge in [0.25, 0.3) is 5.91 Å². The Labute approximate surface area is 108 Å². The smallest absolute Gasteiger partial charge is 0.251 e. The minimum absolute atomic E-state index is 0.0511. The Morgan fingerprint density at radius 2 is 1.67 bits per heavy atom. The van der Waals surface area contributed by atoms with Crippen LogP contribution in [0.2, 0.25) is 0 Å². The van der Waals surface area contributed by atoms with E-state index in [9.17, 15) is 9.59 Å². The summed E-state index contributed by atoms with van der Waals surface area (Å²) in [6.45, 7) is 7.88. The Kier molecular flexibility index (Phi) is 4.11. The summed E-state index contributed by atoms with van der Waals surface area (Å²) < 4.78 is 0. The zero-order valence-electron chi connectivity index (χ0n) is 11.3. The number of amides is 2. The monoisotopic (exact) mass is 248 g/mol. The third-order valence-corrected chi connectivity index (χ3v) is 2.79. The van der Waals surface area contributed by atoms with Gasteiger partial charge in [0.15, 0.2) is 0 Å². The third kappa shape index (κ3) is 3.58. The van der Waals surface area contributed by atoms with Crippen molar-refractivity contribution in [3.05, 3.63) is 35.4 Å². The van der Waals surface area contributed by atoms with E-state index in [4.69, 9.17) is 5.73 Å². The van der Waals surface area contributed by atoms with Crippen molar-refractivity contribution in [3.8, 4) is 0 Å². The first-order valence-electron chi connectivity index (χ1n) is 5.92. The van der Waals surface area contributed by atoms with Crippen LogP contribution in [0.5, 0.6) is 0 Å². The molecule has 2 amide bonds. The van der Waals surface area contributed by atoms with Crippen LogP contribution in [0.25, 0.3) is 0 Å². The second-order valence-electron chi connectivity index (χ2n) is 5.42. The molecule has 0 bridgehead atoms. The standard InChI is InChI=1S/C14H20N2O2/c1-9(12(15)17)16-13(18)10-5-7-11(8-6-10)14(2,3)4/h5-9H,1-4H3,(H2,15,17)(H,16,18). The van der Waals surface area contributed by atoms with Gasteiger partial charge in [0.05, 0.1) is 0 Å². The molecule has 0 radical (unpaired) electrons. The molecule has 0 aliphatic carbocycles. The number of primary amides is 1. The van der Waals surface area contributed by atoms with Gasteiger partial charge in [-0.2, -0.15) is 0 Å². The first kappa shape index (κ1) is 14.2. The van der Waals surface area contributed by atoms with Crippen LogP contribution in [0, 0.1) is 0 Å². The van der Waals surface area contributed by atoms with E-state index in [1.54, 1.807) is 19.1 Å². The normalized spacial score (nSPS) is 12.9. The molecule has 0 saturated heterocycles. The lowest BCUT2D eigenvalue weighted by atomic mass is 9.86.